The van der Waals surface area contributed by atoms with Crippen LogP contribution in [0, 0.1) is 6.92 Å². The number of thiophene rings is 1. The van der Waals surface area contributed by atoms with E-state index in [2.05, 4.69) is 23.3 Å². The summed E-state index contributed by atoms with van der Waals surface area (Å²) in [5.41, 5.74) is 0.00863. The number of aromatic nitrogens is 3. The van der Waals surface area contributed by atoms with Gasteiger partial charge in [-0.2, -0.15) is 0 Å². The minimum atomic E-state index is -1.01. The minimum Gasteiger partial charge on any atom is -0.398 e. The molecule has 2 aromatic rings. The maximum absolute atomic E-state index is 14.5. The van der Waals surface area contributed by atoms with Crippen LogP contribution in [0.1, 0.15) is 43.8 Å². The molecule has 0 saturated carbocycles. The first-order chi connectivity index (χ1) is 11.2. The van der Waals surface area contributed by atoms with Gasteiger partial charge in [0, 0.05) is 4.88 Å². The molecule has 0 atom stereocenters. The zero-order chi connectivity index (χ0) is 17.5. The minimum absolute atomic E-state index is 0.441. The number of aryl methyl sites for hydroxylation is 1. The van der Waals surface area contributed by atoms with Crippen LogP contribution >= 0.6 is 11.3 Å². The van der Waals surface area contributed by atoms with Gasteiger partial charge >= 0.3 is 7.12 Å². The summed E-state index contributed by atoms with van der Waals surface area (Å²) in [7, 11) is -1.01. The predicted molar refractivity (Wildman–Crippen MR) is 93.3 cm³/mol. The number of nitrogens with zero attached hydrogens (tertiary/aromatic N) is 3. The Balaban J connectivity index is 1.72. The van der Waals surface area contributed by atoms with Crippen LogP contribution in [0.25, 0.3) is 6.08 Å². The Bertz CT molecular complexity index is 753. The fourth-order valence-corrected chi connectivity index (χ4v) is 3.23. The third kappa shape index (κ3) is 3.31. The van der Waals surface area contributed by atoms with Gasteiger partial charge in [0.05, 0.1) is 23.9 Å². The van der Waals surface area contributed by atoms with Crippen LogP contribution in [0.15, 0.2) is 23.4 Å². The van der Waals surface area contributed by atoms with E-state index >= 15 is 0 Å². The van der Waals surface area contributed by atoms with Crippen molar-refractivity contribution in [1.82, 2.24) is 15.0 Å². The average Bonchev–Trinajstić information content (AvgIpc) is 3.12. The van der Waals surface area contributed by atoms with Crippen LogP contribution in [0.5, 0.6) is 0 Å². The Morgan fingerprint density at radius 1 is 1.33 bits per heavy atom. The standard InChI is InChI=1S/C16H21BFN3O2S/c1-11-6-7-24-13(11)10-21-9-12(19-20-21)8-14(18)17-22-15(2,3)16(4,5)23-17/h6-9H,10H2,1-5H3. The van der Waals surface area contributed by atoms with Crippen LogP contribution in [0.2, 0.25) is 0 Å². The topological polar surface area (TPSA) is 49.2 Å². The van der Waals surface area contributed by atoms with Gasteiger partial charge in [0.15, 0.2) is 0 Å². The molecule has 0 N–H and O–H groups in total. The predicted octanol–water partition coefficient (Wildman–Crippen LogP) is 3.64. The highest BCUT2D eigenvalue weighted by atomic mass is 32.1. The lowest BCUT2D eigenvalue weighted by molar-refractivity contribution is 0.00578. The third-order valence-electron chi connectivity index (χ3n) is 4.59. The Labute approximate surface area is 145 Å². The molecule has 0 bridgehead atoms. The summed E-state index contributed by atoms with van der Waals surface area (Å²) in [5.74, 6) is 0. The van der Waals surface area contributed by atoms with Gasteiger partial charge in [-0.1, -0.05) is 5.21 Å². The Kier molecular flexibility index (Phi) is 4.40. The van der Waals surface area contributed by atoms with Crippen LogP contribution < -0.4 is 0 Å². The summed E-state index contributed by atoms with van der Waals surface area (Å²) in [5, 5.41) is 10.1. The van der Waals surface area contributed by atoms with Crippen molar-refractivity contribution < 1.29 is 13.7 Å². The number of hydrogen-bond acceptors (Lipinski definition) is 5. The fraction of sp³-hybridized carbons (Fsp3) is 0.500. The van der Waals surface area contributed by atoms with Crippen molar-refractivity contribution in [2.24, 2.45) is 0 Å². The molecule has 0 aliphatic carbocycles. The van der Waals surface area contributed by atoms with Crippen molar-refractivity contribution in [3.63, 3.8) is 0 Å². The van der Waals surface area contributed by atoms with E-state index in [1.165, 1.54) is 16.5 Å². The van der Waals surface area contributed by atoms with Crippen molar-refractivity contribution in [2.75, 3.05) is 0 Å². The van der Waals surface area contributed by atoms with E-state index in [1.807, 2.05) is 33.1 Å². The molecule has 24 heavy (non-hydrogen) atoms. The Morgan fingerprint density at radius 2 is 2.00 bits per heavy atom. The summed E-state index contributed by atoms with van der Waals surface area (Å²) < 4.78 is 27.5. The molecule has 0 aromatic carbocycles. The zero-order valence-electron chi connectivity index (χ0n) is 14.5. The molecule has 1 fully saturated rings. The van der Waals surface area contributed by atoms with Crippen LogP contribution in [-0.4, -0.2) is 33.3 Å². The highest BCUT2D eigenvalue weighted by Crippen LogP contribution is 2.38. The van der Waals surface area contributed by atoms with E-state index in [0.29, 0.717) is 12.2 Å². The van der Waals surface area contributed by atoms with E-state index in [4.69, 9.17) is 9.31 Å². The normalized spacial score (nSPS) is 19.9. The first kappa shape index (κ1) is 17.3. The van der Waals surface area contributed by atoms with Gasteiger partial charge in [0.25, 0.3) is 0 Å². The molecule has 8 heteroatoms. The lowest BCUT2D eigenvalue weighted by Crippen LogP contribution is -2.41. The lowest BCUT2D eigenvalue weighted by atomic mass is 9.87. The average molecular weight is 349 g/mol. The van der Waals surface area contributed by atoms with E-state index in [0.717, 1.165) is 0 Å². The molecular weight excluding hydrogens is 328 g/mol. The Hall–Kier alpha value is -1.51. The van der Waals surface area contributed by atoms with E-state index < -0.39 is 24.0 Å². The molecule has 1 aliphatic rings. The van der Waals surface area contributed by atoms with E-state index in [9.17, 15) is 4.39 Å². The summed E-state index contributed by atoms with van der Waals surface area (Å²) in [6, 6.07) is 2.07. The van der Waals surface area contributed by atoms with Gasteiger partial charge in [-0.25, -0.2) is 9.07 Å². The van der Waals surface area contributed by atoms with Gasteiger partial charge in [-0.3, -0.25) is 0 Å². The molecule has 2 aromatic heterocycles. The summed E-state index contributed by atoms with van der Waals surface area (Å²) >= 11 is 1.67. The maximum Gasteiger partial charge on any atom is 0.525 e. The molecular formula is C16H21BFN3O2S. The second-order valence-electron chi connectivity index (χ2n) is 6.99. The lowest BCUT2D eigenvalue weighted by Gasteiger charge is -2.32. The fourth-order valence-electron chi connectivity index (χ4n) is 2.33. The summed E-state index contributed by atoms with van der Waals surface area (Å²) in [6.45, 7) is 10.2. The molecule has 128 valence electrons. The Morgan fingerprint density at radius 3 is 2.58 bits per heavy atom. The maximum atomic E-state index is 14.5. The largest absolute Gasteiger partial charge is 0.525 e. The number of hydrogen-bond donors (Lipinski definition) is 0. The number of halogens is 1. The molecule has 0 radical (unpaired) electrons. The smallest absolute Gasteiger partial charge is 0.398 e. The molecule has 3 heterocycles. The summed E-state index contributed by atoms with van der Waals surface area (Å²) in [6.07, 6.45) is 3.02. The van der Waals surface area contributed by atoms with Gasteiger partial charge in [-0.15, -0.1) is 16.4 Å². The molecule has 3 rings (SSSR count). The van der Waals surface area contributed by atoms with Gasteiger partial charge < -0.3 is 9.31 Å². The van der Waals surface area contributed by atoms with Crippen LogP contribution in [-0.2, 0) is 15.9 Å². The summed E-state index contributed by atoms with van der Waals surface area (Å²) in [4.78, 5) is 1.21. The van der Waals surface area contributed by atoms with Crippen molar-refractivity contribution in [3.05, 3.63) is 39.5 Å². The molecule has 0 spiro atoms. The second kappa shape index (κ2) is 6.09. The monoisotopic (exact) mass is 349 g/mol. The van der Waals surface area contributed by atoms with Gasteiger partial charge in [0.1, 0.15) is 11.4 Å². The molecule has 0 unspecified atom stereocenters. The van der Waals surface area contributed by atoms with Crippen LogP contribution in [0.3, 0.4) is 0 Å². The molecule has 1 saturated heterocycles. The van der Waals surface area contributed by atoms with Crippen molar-refractivity contribution >= 4 is 24.5 Å². The SMILES string of the molecule is Cc1ccsc1Cn1cc(C=C(F)B2OC(C)(C)C(C)(C)O2)nn1. The van der Waals surface area contributed by atoms with E-state index in [-0.39, 0.29) is 0 Å². The first-order valence-corrected chi connectivity index (χ1v) is 8.72. The highest BCUT2D eigenvalue weighted by molar-refractivity contribution is 7.10. The van der Waals surface area contributed by atoms with Crippen molar-refractivity contribution in [2.45, 2.75) is 52.4 Å². The first-order valence-electron chi connectivity index (χ1n) is 7.84. The third-order valence-corrected chi connectivity index (χ3v) is 5.60. The quantitative estimate of drug-likeness (QED) is 0.791. The van der Waals surface area contributed by atoms with Gasteiger partial charge in [0.2, 0.25) is 0 Å². The highest BCUT2D eigenvalue weighted by Gasteiger charge is 2.53. The van der Waals surface area contributed by atoms with E-state index in [1.54, 1.807) is 22.2 Å². The zero-order valence-corrected chi connectivity index (χ0v) is 15.4. The molecule has 1 aliphatic heterocycles. The van der Waals surface area contributed by atoms with Gasteiger partial charge in [-0.05, 0) is 57.7 Å². The van der Waals surface area contributed by atoms with Crippen molar-refractivity contribution in [1.29, 1.82) is 0 Å². The molecule has 0 amide bonds. The van der Waals surface area contributed by atoms with Crippen molar-refractivity contribution in [3.8, 4) is 0 Å². The second-order valence-corrected chi connectivity index (χ2v) is 7.99. The van der Waals surface area contributed by atoms with Crippen LogP contribution in [0.4, 0.5) is 4.39 Å². The molecule has 5 nitrogen and oxygen atoms in total. The number of rotatable bonds is 4.